The molecule has 21 heavy (non-hydrogen) atoms. The van der Waals surface area contributed by atoms with Crippen molar-refractivity contribution < 1.29 is 4.74 Å². The van der Waals surface area contributed by atoms with Gasteiger partial charge < -0.3 is 10.1 Å². The number of ether oxygens (including phenoxy) is 1. The molecule has 2 nitrogen and oxygen atoms in total. The zero-order chi connectivity index (χ0) is 15.1. The predicted octanol–water partition coefficient (Wildman–Crippen LogP) is 4.90. The Balaban J connectivity index is 2.09. The number of nitrogens with one attached hydrogen (secondary N) is 1. The maximum absolute atomic E-state index is 5.73. The highest BCUT2D eigenvalue weighted by atomic mass is 79.9. The van der Waals surface area contributed by atoms with E-state index in [1.807, 2.05) is 43.9 Å². The Hall–Kier alpha value is -0.970. The van der Waals surface area contributed by atoms with Crippen molar-refractivity contribution in [2.24, 2.45) is 0 Å². The zero-order valence-electron chi connectivity index (χ0n) is 12.3. The van der Waals surface area contributed by atoms with Crippen LogP contribution in [0.25, 0.3) is 0 Å². The summed E-state index contributed by atoms with van der Waals surface area (Å²) >= 11 is 5.36. The summed E-state index contributed by atoms with van der Waals surface area (Å²) in [5.41, 5.74) is 1.21. The van der Waals surface area contributed by atoms with Crippen LogP contribution in [-0.4, -0.2) is 19.4 Å². The summed E-state index contributed by atoms with van der Waals surface area (Å²) in [6, 6.07) is 16.9. The highest BCUT2D eigenvalue weighted by Crippen LogP contribution is 2.30. The van der Waals surface area contributed by atoms with Crippen molar-refractivity contribution in [1.29, 1.82) is 0 Å². The first kappa shape index (κ1) is 16.4. The summed E-state index contributed by atoms with van der Waals surface area (Å²) in [5, 5.41) is 3.39. The summed E-state index contributed by atoms with van der Waals surface area (Å²) in [7, 11) is 1.99. The van der Waals surface area contributed by atoms with Gasteiger partial charge in [0, 0.05) is 26.7 Å². The second-order valence-electron chi connectivity index (χ2n) is 4.58. The molecule has 0 radical (unpaired) electrons. The van der Waals surface area contributed by atoms with Crippen LogP contribution in [0.1, 0.15) is 18.5 Å². The molecule has 2 rings (SSSR count). The Labute approximate surface area is 139 Å². The molecule has 0 bridgehead atoms. The van der Waals surface area contributed by atoms with Crippen LogP contribution in [0.15, 0.2) is 57.9 Å². The molecule has 0 saturated carbocycles. The number of rotatable bonds is 7. The summed E-state index contributed by atoms with van der Waals surface area (Å²) in [4.78, 5) is 1.26. The van der Waals surface area contributed by atoms with Gasteiger partial charge in [0.05, 0.1) is 6.61 Å². The molecular weight excluding hydrogens is 346 g/mol. The van der Waals surface area contributed by atoms with Gasteiger partial charge in [0.1, 0.15) is 5.75 Å². The van der Waals surface area contributed by atoms with E-state index < -0.39 is 0 Å². The van der Waals surface area contributed by atoms with Gasteiger partial charge in [0.2, 0.25) is 0 Å². The molecule has 1 N–H and O–H groups in total. The molecule has 2 aromatic rings. The van der Waals surface area contributed by atoms with Crippen molar-refractivity contribution in [3.63, 3.8) is 0 Å². The quantitative estimate of drug-likeness (QED) is 0.705. The van der Waals surface area contributed by atoms with E-state index in [9.17, 15) is 0 Å². The lowest BCUT2D eigenvalue weighted by atomic mass is 10.1. The third kappa shape index (κ3) is 4.77. The van der Waals surface area contributed by atoms with Crippen molar-refractivity contribution in [2.75, 3.05) is 19.4 Å². The number of benzene rings is 2. The number of hydrogen-bond donors (Lipinski definition) is 1. The molecule has 112 valence electrons. The zero-order valence-corrected chi connectivity index (χ0v) is 14.7. The molecule has 0 spiro atoms. The number of halogens is 1. The van der Waals surface area contributed by atoms with Gasteiger partial charge in [-0.25, -0.2) is 0 Å². The standard InChI is InChI=1S/C17H20BrNOS/c1-3-20-17-10-5-4-9-15(17)16(19-2)12-21-14-8-6-7-13(18)11-14/h4-11,16,19H,3,12H2,1-2H3. The van der Waals surface area contributed by atoms with Crippen LogP contribution in [0, 0.1) is 0 Å². The topological polar surface area (TPSA) is 21.3 Å². The first-order valence-electron chi connectivity index (χ1n) is 7.02. The smallest absolute Gasteiger partial charge is 0.124 e. The van der Waals surface area contributed by atoms with Crippen LogP contribution in [0.3, 0.4) is 0 Å². The highest BCUT2D eigenvalue weighted by Gasteiger charge is 2.14. The fourth-order valence-electron chi connectivity index (χ4n) is 2.12. The van der Waals surface area contributed by atoms with E-state index in [0.717, 1.165) is 16.0 Å². The third-order valence-corrected chi connectivity index (χ3v) is 4.74. The predicted molar refractivity (Wildman–Crippen MR) is 94.3 cm³/mol. The molecule has 1 atom stereocenters. The van der Waals surface area contributed by atoms with Crippen LogP contribution in [0.5, 0.6) is 5.75 Å². The molecule has 2 aromatic carbocycles. The Morgan fingerprint density at radius 3 is 2.71 bits per heavy atom. The number of hydrogen-bond acceptors (Lipinski definition) is 3. The molecule has 0 aliphatic rings. The molecule has 0 fully saturated rings. The van der Waals surface area contributed by atoms with Crippen LogP contribution in [0.2, 0.25) is 0 Å². The van der Waals surface area contributed by atoms with E-state index in [0.29, 0.717) is 6.61 Å². The minimum atomic E-state index is 0.261. The fourth-order valence-corrected chi connectivity index (χ4v) is 3.76. The SMILES string of the molecule is CCOc1ccccc1C(CSc1cccc(Br)c1)NC. The minimum absolute atomic E-state index is 0.261. The van der Waals surface area contributed by atoms with Crippen molar-refractivity contribution in [1.82, 2.24) is 5.32 Å². The van der Waals surface area contributed by atoms with Gasteiger partial charge in [-0.2, -0.15) is 0 Å². The molecule has 0 aliphatic heterocycles. The Bertz CT molecular complexity index is 576. The first-order chi connectivity index (χ1) is 10.2. The van der Waals surface area contributed by atoms with Gasteiger partial charge in [0.15, 0.2) is 0 Å². The number of para-hydroxylation sites is 1. The van der Waals surface area contributed by atoms with E-state index >= 15 is 0 Å². The van der Waals surface area contributed by atoms with Crippen LogP contribution in [0.4, 0.5) is 0 Å². The number of thioether (sulfide) groups is 1. The Morgan fingerprint density at radius 1 is 1.19 bits per heavy atom. The lowest BCUT2D eigenvalue weighted by molar-refractivity contribution is 0.333. The fraction of sp³-hybridized carbons (Fsp3) is 0.294. The van der Waals surface area contributed by atoms with Crippen LogP contribution < -0.4 is 10.1 Å². The summed E-state index contributed by atoms with van der Waals surface area (Å²) in [6.45, 7) is 2.70. The average molecular weight is 366 g/mol. The van der Waals surface area contributed by atoms with Gasteiger partial charge in [-0.1, -0.05) is 40.2 Å². The van der Waals surface area contributed by atoms with E-state index in [1.54, 1.807) is 0 Å². The third-order valence-electron chi connectivity index (χ3n) is 3.16. The van der Waals surface area contributed by atoms with Gasteiger partial charge in [-0.15, -0.1) is 11.8 Å². The van der Waals surface area contributed by atoms with Crippen molar-refractivity contribution in [3.8, 4) is 5.75 Å². The normalized spacial score (nSPS) is 12.1. The van der Waals surface area contributed by atoms with Crippen molar-refractivity contribution >= 4 is 27.7 Å². The van der Waals surface area contributed by atoms with Crippen LogP contribution >= 0.6 is 27.7 Å². The Kier molecular flexibility index (Phi) is 6.61. The second kappa shape index (κ2) is 8.47. The summed E-state index contributed by atoms with van der Waals surface area (Å²) < 4.78 is 6.85. The molecule has 0 heterocycles. The monoisotopic (exact) mass is 365 g/mol. The summed E-state index contributed by atoms with van der Waals surface area (Å²) in [5.74, 6) is 1.92. The minimum Gasteiger partial charge on any atom is -0.494 e. The molecule has 0 amide bonds. The molecule has 0 aromatic heterocycles. The van der Waals surface area contributed by atoms with Gasteiger partial charge in [-0.3, -0.25) is 0 Å². The van der Waals surface area contributed by atoms with Gasteiger partial charge in [0.25, 0.3) is 0 Å². The second-order valence-corrected chi connectivity index (χ2v) is 6.59. The largest absolute Gasteiger partial charge is 0.494 e. The highest BCUT2D eigenvalue weighted by molar-refractivity contribution is 9.10. The lowest BCUT2D eigenvalue weighted by Crippen LogP contribution is -2.19. The van der Waals surface area contributed by atoms with Crippen molar-refractivity contribution in [3.05, 3.63) is 58.6 Å². The van der Waals surface area contributed by atoms with Gasteiger partial charge >= 0.3 is 0 Å². The summed E-state index contributed by atoms with van der Waals surface area (Å²) in [6.07, 6.45) is 0. The maximum atomic E-state index is 5.73. The van der Waals surface area contributed by atoms with Gasteiger partial charge in [-0.05, 0) is 38.2 Å². The first-order valence-corrected chi connectivity index (χ1v) is 8.79. The van der Waals surface area contributed by atoms with E-state index in [4.69, 9.17) is 4.74 Å². The molecular formula is C17H20BrNOS. The van der Waals surface area contributed by atoms with Crippen LogP contribution in [-0.2, 0) is 0 Å². The average Bonchev–Trinajstić information content (AvgIpc) is 2.50. The van der Waals surface area contributed by atoms with E-state index in [2.05, 4.69) is 51.6 Å². The maximum Gasteiger partial charge on any atom is 0.124 e. The molecule has 0 saturated heterocycles. The van der Waals surface area contributed by atoms with E-state index in [-0.39, 0.29) is 6.04 Å². The Morgan fingerprint density at radius 2 is 2.00 bits per heavy atom. The lowest BCUT2D eigenvalue weighted by Gasteiger charge is -2.19. The molecule has 1 unspecified atom stereocenters. The van der Waals surface area contributed by atoms with Crippen molar-refractivity contribution in [2.45, 2.75) is 17.9 Å². The molecule has 4 heteroatoms. The van der Waals surface area contributed by atoms with E-state index in [1.165, 1.54) is 10.5 Å². The molecule has 0 aliphatic carbocycles.